The number of fused-ring (bicyclic) bond motifs is 1. The largest absolute Gasteiger partial charge is 0.271 e. The molecule has 1 amide bonds. The Bertz CT molecular complexity index is 827. The summed E-state index contributed by atoms with van der Waals surface area (Å²) >= 11 is 2.27. The first-order valence-corrected chi connectivity index (χ1v) is 8.05. The molecule has 5 nitrogen and oxygen atoms in total. The van der Waals surface area contributed by atoms with E-state index < -0.39 is 0 Å². The Morgan fingerprint density at radius 1 is 1.23 bits per heavy atom. The van der Waals surface area contributed by atoms with E-state index in [4.69, 9.17) is 0 Å². The van der Waals surface area contributed by atoms with Gasteiger partial charge in [-0.05, 0) is 46.7 Å². The Balaban J connectivity index is 2.05. The Morgan fingerprint density at radius 3 is 2.64 bits per heavy atom. The van der Waals surface area contributed by atoms with Crippen molar-refractivity contribution in [2.24, 2.45) is 0 Å². The minimum atomic E-state index is -0.207. The first-order valence-electron chi connectivity index (χ1n) is 6.97. The van der Waals surface area contributed by atoms with Crippen molar-refractivity contribution in [3.63, 3.8) is 0 Å². The van der Waals surface area contributed by atoms with Gasteiger partial charge >= 0.3 is 0 Å². The number of amides is 1. The highest BCUT2D eigenvalue weighted by Crippen LogP contribution is 2.27. The fraction of sp³-hybridized carbons (Fsp3) is 0.188. The average molecular weight is 406 g/mol. The molecule has 0 unspecified atom stereocenters. The van der Waals surface area contributed by atoms with Crippen LogP contribution < -0.4 is 5.43 Å². The van der Waals surface area contributed by atoms with E-state index in [1.165, 1.54) is 4.79 Å². The predicted molar refractivity (Wildman–Crippen MR) is 94.5 cm³/mol. The van der Waals surface area contributed by atoms with Gasteiger partial charge in [-0.1, -0.05) is 32.0 Å². The van der Waals surface area contributed by atoms with Crippen LogP contribution in [-0.2, 0) is 0 Å². The Labute approximate surface area is 141 Å². The van der Waals surface area contributed by atoms with Gasteiger partial charge in [-0.15, -0.1) is 0 Å². The first-order chi connectivity index (χ1) is 10.6. The molecular formula is C16H15IN4O. The molecule has 112 valence electrons. The van der Waals surface area contributed by atoms with Crippen LogP contribution in [-0.4, -0.2) is 20.8 Å². The van der Waals surface area contributed by atoms with Crippen LogP contribution in [0.1, 0.15) is 35.8 Å². The van der Waals surface area contributed by atoms with E-state index in [9.17, 15) is 4.79 Å². The molecule has 1 aromatic carbocycles. The van der Waals surface area contributed by atoms with Gasteiger partial charge in [0.25, 0.3) is 5.91 Å². The number of nitrogens with zero attached hydrogens (tertiary/aromatic N) is 3. The third kappa shape index (κ3) is 2.70. The molecule has 0 atom stereocenters. The number of hydrogen-bond acceptors (Lipinski definition) is 3. The number of halogens is 1. The molecule has 0 saturated heterocycles. The second-order valence-electron chi connectivity index (χ2n) is 5.25. The maximum absolute atomic E-state index is 12.3. The van der Waals surface area contributed by atoms with Crippen LogP contribution >= 0.6 is 22.6 Å². The SMILES string of the molecule is CC(C)c1nn(NC(=O)c2ccccc2)c2nccc(I)c12. The van der Waals surface area contributed by atoms with E-state index in [0.29, 0.717) is 11.2 Å². The highest BCUT2D eigenvalue weighted by atomic mass is 127. The van der Waals surface area contributed by atoms with Crippen LogP contribution in [0.5, 0.6) is 0 Å². The van der Waals surface area contributed by atoms with Crippen molar-refractivity contribution in [3.05, 3.63) is 57.4 Å². The van der Waals surface area contributed by atoms with Gasteiger partial charge in [0.05, 0.1) is 11.1 Å². The minimum Gasteiger partial charge on any atom is -0.267 e. The van der Waals surface area contributed by atoms with Gasteiger partial charge in [-0.2, -0.15) is 9.89 Å². The Kier molecular flexibility index (Phi) is 4.10. The summed E-state index contributed by atoms with van der Waals surface area (Å²) in [5.41, 5.74) is 4.99. The molecule has 0 aliphatic carbocycles. The number of pyridine rings is 1. The van der Waals surface area contributed by atoms with E-state index in [1.54, 1.807) is 18.3 Å². The Hall–Kier alpha value is -1.96. The monoisotopic (exact) mass is 406 g/mol. The van der Waals surface area contributed by atoms with Gasteiger partial charge in [-0.3, -0.25) is 4.79 Å². The van der Waals surface area contributed by atoms with E-state index in [1.807, 2.05) is 24.3 Å². The molecule has 0 aliphatic heterocycles. The van der Waals surface area contributed by atoms with Crippen molar-refractivity contribution in [2.45, 2.75) is 19.8 Å². The summed E-state index contributed by atoms with van der Waals surface area (Å²) < 4.78 is 1.08. The standard InChI is InChI=1S/C16H15IN4O/c1-10(2)14-13-12(17)8-9-18-15(13)21(19-14)20-16(22)11-6-4-3-5-7-11/h3-10H,1-2H3,(H,20,22). The third-order valence-electron chi connectivity index (χ3n) is 3.33. The second-order valence-corrected chi connectivity index (χ2v) is 6.41. The highest BCUT2D eigenvalue weighted by molar-refractivity contribution is 14.1. The fourth-order valence-corrected chi connectivity index (χ4v) is 2.94. The molecule has 0 aliphatic rings. The van der Waals surface area contributed by atoms with E-state index in [0.717, 1.165) is 14.7 Å². The number of carbonyl (C=O) groups is 1. The van der Waals surface area contributed by atoms with Crippen molar-refractivity contribution >= 4 is 39.5 Å². The lowest BCUT2D eigenvalue weighted by Gasteiger charge is -2.05. The Morgan fingerprint density at radius 2 is 1.95 bits per heavy atom. The third-order valence-corrected chi connectivity index (χ3v) is 4.23. The van der Waals surface area contributed by atoms with Crippen LogP contribution in [0.4, 0.5) is 0 Å². The second kappa shape index (κ2) is 6.04. The topological polar surface area (TPSA) is 59.8 Å². The molecule has 0 radical (unpaired) electrons. The number of benzene rings is 1. The lowest BCUT2D eigenvalue weighted by molar-refractivity contribution is 0.101. The number of carbonyl (C=O) groups excluding carboxylic acids is 1. The smallest absolute Gasteiger partial charge is 0.267 e. The van der Waals surface area contributed by atoms with Gasteiger partial charge in [0, 0.05) is 15.3 Å². The van der Waals surface area contributed by atoms with Gasteiger partial charge in [0.15, 0.2) is 5.65 Å². The zero-order valence-electron chi connectivity index (χ0n) is 12.2. The van der Waals surface area contributed by atoms with E-state index in [2.05, 4.69) is 51.9 Å². The zero-order chi connectivity index (χ0) is 15.7. The summed E-state index contributed by atoms with van der Waals surface area (Å²) in [4.78, 5) is 18.2. The molecule has 2 aromatic heterocycles. The number of hydrogen-bond donors (Lipinski definition) is 1. The van der Waals surface area contributed by atoms with E-state index >= 15 is 0 Å². The average Bonchev–Trinajstić information content (AvgIpc) is 2.89. The molecule has 6 heteroatoms. The maximum atomic E-state index is 12.3. The molecule has 0 bridgehead atoms. The van der Waals surface area contributed by atoms with Crippen LogP contribution in [0.15, 0.2) is 42.6 Å². The number of aromatic nitrogens is 3. The van der Waals surface area contributed by atoms with Crippen molar-refractivity contribution in [1.29, 1.82) is 0 Å². The number of rotatable bonds is 3. The summed E-state index contributed by atoms with van der Waals surface area (Å²) in [5.74, 6) is 0.0380. The van der Waals surface area contributed by atoms with Crippen LogP contribution in [0.3, 0.4) is 0 Å². The lowest BCUT2D eigenvalue weighted by atomic mass is 10.1. The summed E-state index contributed by atoms with van der Waals surface area (Å²) in [6.45, 7) is 4.16. The summed E-state index contributed by atoms with van der Waals surface area (Å²) in [6, 6.07) is 11.0. The lowest BCUT2D eigenvalue weighted by Crippen LogP contribution is -2.24. The highest BCUT2D eigenvalue weighted by Gasteiger charge is 2.18. The maximum Gasteiger partial charge on any atom is 0.271 e. The van der Waals surface area contributed by atoms with Crippen LogP contribution in [0.25, 0.3) is 11.0 Å². The van der Waals surface area contributed by atoms with E-state index in [-0.39, 0.29) is 11.8 Å². The summed E-state index contributed by atoms with van der Waals surface area (Å²) in [6.07, 6.45) is 1.72. The minimum absolute atomic E-state index is 0.207. The van der Waals surface area contributed by atoms with Gasteiger partial charge in [0.1, 0.15) is 0 Å². The molecule has 3 aromatic rings. The molecule has 0 spiro atoms. The van der Waals surface area contributed by atoms with Crippen LogP contribution in [0, 0.1) is 3.57 Å². The summed E-state index contributed by atoms with van der Waals surface area (Å²) in [7, 11) is 0. The zero-order valence-corrected chi connectivity index (χ0v) is 14.4. The van der Waals surface area contributed by atoms with Crippen molar-refractivity contribution in [3.8, 4) is 0 Å². The van der Waals surface area contributed by atoms with Crippen molar-refractivity contribution in [2.75, 3.05) is 5.43 Å². The quantitative estimate of drug-likeness (QED) is 0.677. The van der Waals surface area contributed by atoms with Gasteiger partial charge in [-0.25, -0.2) is 10.4 Å². The van der Waals surface area contributed by atoms with Crippen molar-refractivity contribution in [1.82, 2.24) is 14.9 Å². The normalized spacial score (nSPS) is 11.1. The molecule has 0 saturated carbocycles. The number of nitrogens with one attached hydrogen (secondary N) is 1. The predicted octanol–water partition coefficient (Wildman–Crippen LogP) is 3.54. The molecule has 1 N–H and O–H groups in total. The molecule has 0 fully saturated rings. The van der Waals surface area contributed by atoms with Crippen molar-refractivity contribution < 1.29 is 4.79 Å². The van der Waals surface area contributed by atoms with Gasteiger partial charge < -0.3 is 0 Å². The molecular weight excluding hydrogens is 391 g/mol. The van der Waals surface area contributed by atoms with Gasteiger partial charge in [0.2, 0.25) is 0 Å². The van der Waals surface area contributed by atoms with Crippen LogP contribution in [0.2, 0.25) is 0 Å². The molecule has 22 heavy (non-hydrogen) atoms. The molecule has 3 rings (SSSR count). The summed E-state index contributed by atoms with van der Waals surface area (Å²) in [5, 5.41) is 5.52. The fourth-order valence-electron chi connectivity index (χ4n) is 2.26. The first kappa shape index (κ1) is 15.0. The molecule has 2 heterocycles.